The Morgan fingerprint density at radius 2 is 2.15 bits per heavy atom. The highest BCUT2D eigenvalue weighted by Crippen LogP contribution is 2.30. The minimum absolute atomic E-state index is 0.0617. The lowest BCUT2D eigenvalue weighted by atomic mass is 9.96. The Balaban J connectivity index is 1.70. The van der Waals surface area contributed by atoms with Crippen molar-refractivity contribution in [2.45, 2.75) is 32.0 Å². The van der Waals surface area contributed by atoms with Crippen molar-refractivity contribution in [2.24, 2.45) is 5.92 Å². The molecule has 2 saturated heterocycles. The summed E-state index contributed by atoms with van der Waals surface area (Å²) in [7, 11) is 2.18. The summed E-state index contributed by atoms with van der Waals surface area (Å²) in [6.07, 6.45) is 2.48. The van der Waals surface area contributed by atoms with Crippen molar-refractivity contribution in [3.8, 4) is 0 Å². The summed E-state index contributed by atoms with van der Waals surface area (Å²) < 4.78 is 0. The molecule has 1 aromatic heterocycles. The van der Waals surface area contributed by atoms with Gasteiger partial charge < -0.3 is 9.80 Å². The zero-order chi connectivity index (χ0) is 14.1. The molecule has 1 amide bonds. The van der Waals surface area contributed by atoms with Crippen LogP contribution in [-0.2, 0) is 4.79 Å². The van der Waals surface area contributed by atoms with Gasteiger partial charge in [-0.25, -0.2) is 0 Å². The van der Waals surface area contributed by atoms with Crippen LogP contribution in [0.1, 0.15) is 30.8 Å². The first kappa shape index (κ1) is 14.0. The third-order valence-corrected chi connectivity index (χ3v) is 5.40. The summed E-state index contributed by atoms with van der Waals surface area (Å²) in [5.41, 5.74) is 0. The summed E-state index contributed by atoms with van der Waals surface area (Å²) in [5.74, 6) is 0.895. The van der Waals surface area contributed by atoms with Crippen LogP contribution >= 0.6 is 11.3 Å². The monoisotopic (exact) mass is 293 g/mol. The number of thiophene rings is 1. The van der Waals surface area contributed by atoms with E-state index in [1.807, 2.05) is 6.92 Å². The van der Waals surface area contributed by atoms with Crippen molar-refractivity contribution in [1.29, 1.82) is 0 Å². The van der Waals surface area contributed by atoms with Crippen LogP contribution in [0.5, 0.6) is 0 Å². The number of hydrogen-bond donors (Lipinski definition) is 1. The van der Waals surface area contributed by atoms with Gasteiger partial charge in [0.25, 0.3) is 0 Å². The van der Waals surface area contributed by atoms with E-state index in [1.165, 1.54) is 17.7 Å². The molecule has 0 radical (unpaired) electrons. The summed E-state index contributed by atoms with van der Waals surface area (Å²) in [6.45, 7) is 5.17. The Bertz CT molecular complexity index is 454. The molecular formula is C15H23N3OS. The molecule has 2 atom stereocenters. The molecule has 1 aromatic rings. The van der Waals surface area contributed by atoms with Gasteiger partial charge in [0.1, 0.15) is 6.17 Å². The van der Waals surface area contributed by atoms with Crippen LogP contribution in [0.3, 0.4) is 0 Å². The van der Waals surface area contributed by atoms with Gasteiger partial charge in [-0.15, -0.1) is 11.3 Å². The van der Waals surface area contributed by atoms with Gasteiger partial charge >= 0.3 is 0 Å². The zero-order valence-corrected chi connectivity index (χ0v) is 13.0. The van der Waals surface area contributed by atoms with Crippen molar-refractivity contribution in [3.63, 3.8) is 0 Å². The van der Waals surface area contributed by atoms with E-state index in [1.54, 1.807) is 11.3 Å². The van der Waals surface area contributed by atoms with E-state index in [9.17, 15) is 4.79 Å². The van der Waals surface area contributed by atoms with Crippen LogP contribution in [-0.4, -0.2) is 48.4 Å². The number of likely N-dealkylation sites (tertiary alicyclic amines) is 1. The van der Waals surface area contributed by atoms with Gasteiger partial charge in [-0.2, -0.15) is 0 Å². The molecule has 20 heavy (non-hydrogen) atoms. The van der Waals surface area contributed by atoms with Gasteiger partial charge in [-0.05, 0) is 57.3 Å². The Morgan fingerprint density at radius 3 is 2.80 bits per heavy atom. The Morgan fingerprint density at radius 1 is 1.40 bits per heavy atom. The summed E-state index contributed by atoms with van der Waals surface area (Å²) in [6, 6.07) is 4.12. The van der Waals surface area contributed by atoms with Crippen LogP contribution in [0.2, 0.25) is 0 Å². The van der Waals surface area contributed by atoms with Crippen molar-refractivity contribution >= 4 is 17.2 Å². The standard InChI is InChI=1S/C15H23N3OS/c1-11-15(19)18(10-12-5-7-17(2)8-6-12)14(16-11)13-4-3-9-20-13/h3-4,9,11-12,14,16H,5-8,10H2,1-2H3. The van der Waals surface area contributed by atoms with Crippen molar-refractivity contribution in [3.05, 3.63) is 22.4 Å². The highest BCUT2D eigenvalue weighted by atomic mass is 32.1. The van der Waals surface area contributed by atoms with Crippen LogP contribution in [0, 0.1) is 5.92 Å². The van der Waals surface area contributed by atoms with E-state index in [2.05, 4.69) is 39.7 Å². The first-order chi connectivity index (χ1) is 9.65. The van der Waals surface area contributed by atoms with Gasteiger partial charge in [0.2, 0.25) is 5.91 Å². The van der Waals surface area contributed by atoms with Crippen molar-refractivity contribution in [1.82, 2.24) is 15.1 Å². The van der Waals surface area contributed by atoms with Gasteiger partial charge in [0.15, 0.2) is 0 Å². The fourth-order valence-corrected chi connectivity index (χ4v) is 3.97. The maximum atomic E-state index is 12.4. The molecule has 3 rings (SSSR count). The molecule has 2 unspecified atom stereocenters. The fraction of sp³-hybridized carbons (Fsp3) is 0.667. The Labute approximate surface area is 124 Å². The molecule has 3 heterocycles. The lowest BCUT2D eigenvalue weighted by molar-refractivity contribution is -0.130. The summed E-state index contributed by atoms with van der Waals surface area (Å²) in [4.78, 5) is 18.1. The smallest absolute Gasteiger partial charge is 0.241 e. The highest BCUT2D eigenvalue weighted by molar-refractivity contribution is 7.10. The van der Waals surface area contributed by atoms with E-state index in [-0.39, 0.29) is 18.1 Å². The zero-order valence-electron chi connectivity index (χ0n) is 12.2. The van der Waals surface area contributed by atoms with Crippen molar-refractivity contribution in [2.75, 3.05) is 26.7 Å². The van der Waals surface area contributed by atoms with Crippen molar-refractivity contribution < 1.29 is 4.79 Å². The maximum Gasteiger partial charge on any atom is 0.241 e. The first-order valence-corrected chi connectivity index (χ1v) is 8.31. The third-order valence-electron chi connectivity index (χ3n) is 4.48. The SMILES string of the molecule is CC1NC(c2cccs2)N(CC2CCN(C)CC2)C1=O. The number of hydrogen-bond acceptors (Lipinski definition) is 4. The van der Waals surface area contributed by atoms with E-state index in [0.29, 0.717) is 5.92 Å². The molecule has 0 spiro atoms. The predicted molar refractivity (Wildman–Crippen MR) is 81.6 cm³/mol. The minimum atomic E-state index is -0.0617. The topological polar surface area (TPSA) is 35.6 Å². The number of rotatable bonds is 3. The molecular weight excluding hydrogens is 270 g/mol. The molecule has 0 saturated carbocycles. The Hall–Kier alpha value is -0.910. The first-order valence-electron chi connectivity index (χ1n) is 7.43. The van der Waals surface area contributed by atoms with E-state index < -0.39 is 0 Å². The normalized spacial score (nSPS) is 29.3. The van der Waals surface area contributed by atoms with Crippen LogP contribution in [0.25, 0.3) is 0 Å². The second-order valence-corrected chi connectivity index (χ2v) is 7.02. The number of piperidine rings is 1. The number of carbonyl (C=O) groups is 1. The highest BCUT2D eigenvalue weighted by Gasteiger charge is 2.38. The maximum absolute atomic E-state index is 12.4. The average molecular weight is 293 g/mol. The lowest BCUT2D eigenvalue weighted by Gasteiger charge is -2.33. The molecule has 1 N–H and O–H groups in total. The number of carbonyl (C=O) groups excluding carboxylic acids is 1. The molecule has 5 heteroatoms. The minimum Gasteiger partial charge on any atom is -0.320 e. The predicted octanol–water partition coefficient (Wildman–Crippen LogP) is 1.91. The van der Waals surface area contributed by atoms with E-state index >= 15 is 0 Å². The molecule has 0 bridgehead atoms. The van der Waals surface area contributed by atoms with Crippen LogP contribution < -0.4 is 5.32 Å². The van der Waals surface area contributed by atoms with Gasteiger partial charge in [0, 0.05) is 11.4 Å². The second-order valence-electron chi connectivity index (χ2n) is 6.04. The van der Waals surface area contributed by atoms with Gasteiger partial charge in [-0.1, -0.05) is 6.07 Å². The third kappa shape index (κ3) is 2.75. The molecule has 2 aliphatic rings. The molecule has 0 aliphatic carbocycles. The molecule has 2 fully saturated rings. The number of nitrogens with zero attached hydrogens (tertiary/aromatic N) is 2. The van der Waals surface area contributed by atoms with Crippen LogP contribution in [0.15, 0.2) is 17.5 Å². The van der Waals surface area contributed by atoms with E-state index in [0.717, 1.165) is 19.6 Å². The number of nitrogens with one attached hydrogen (secondary N) is 1. The average Bonchev–Trinajstić information content (AvgIpc) is 3.05. The molecule has 2 aliphatic heterocycles. The summed E-state index contributed by atoms with van der Waals surface area (Å²) in [5, 5.41) is 5.51. The number of amides is 1. The summed E-state index contributed by atoms with van der Waals surface area (Å²) >= 11 is 1.73. The van der Waals surface area contributed by atoms with Gasteiger partial charge in [-0.3, -0.25) is 10.1 Å². The molecule has 4 nitrogen and oxygen atoms in total. The fourth-order valence-electron chi connectivity index (χ4n) is 3.17. The second kappa shape index (κ2) is 5.84. The molecule has 0 aromatic carbocycles. The quantitative estimate of drug-likeness (QED) is 0.925. The van der Waals surface area contributed by atoms with E-state index in [4.69, 9.17) is 0 Å². The van der Waals surface area contributed by atoms with Crippen LogP contribution in [0.4, 0.5) is 0 Å². The molecule has 110 valence electrons. The largest absolute Gasteiger partial charge is 0.320 e. The Kier molecular flexibility index (Phi) is 4.10. The lowest BCUT2D eigenvalue weighted by Crippen LogP contribution is -2.39. The van der Waals surface area contributed by atoms with Gasteiger partial charge in [0.05, 0.1) is 6.04 Å².